The van der Waals surface area contributed by atoms with E-state index in [9.17, 15) is 10.7 Å². The lowest BCUT2D eigenvalue weighted by Crippen LogP contribution is -2.45. The number of likely N-dealkylation sites (tertiary alicyclic amines) is 1. The number of nitriles is 1. The predicted octanol–water partition coefficient (Wildman–Crippen LogP) is 11.3. The van der Waals surface area contributed by atoms with Crippen molar-refractivity contribution >= 4 is 22.0 Å². The molecule has 1 saturated carbocycles. The van der Waals surface area contributed by atoms with E-state index in [1.165, 1.54) is 78.9 Å². The first kappa shape index (κ1) is 43.8. The van der Waals surface area contributed by atoms with Gasteiger partial charge in [-0.1, -0.05) is 86.6 Å². The molecular formula is C44H73N7S. The summed E-state index contributed by atoms with van der Waals surface area (Å²) >= 11 is 1.59. The van der Waals surface area contributed by atoms with E-state index in [-0.39, 0.29) is 5.92 Å². The lowest BCUT2D eigenvalue weighted by molar-refractivity contribution is 0.0977. The number of nitrogens with two attached hydrogens (primary N) is 1. The number of fused-ring (bicyclic) bond motifs is 2. The van der Waals surface area contributed by atoms with Crippen LogP contribution < -0.4 is 5.73 Å². The average molecular weight is 732 g/mol. The van der Waals surface area contributed by atoms with Crippen LogP contribution in [0.2, 0.25) is 0 Å². The van der Waals surface area contributed by atoms with Gasteiger partial charge in [-0.2, -0.15) is 5.26 Å². The Hall–Kier alpha value is -2.60. The minimum atomic E-state index is 0.122. The summed E-state index contributed by atoms with van der Waals surface area (Å²) in [5.41, 5.74) is 14.7. The molecule has 0 bridgehead atoms. The zero-order chi connectivity index (χ0) is 38.4. The Morgan fingerprint density at radius 3 is 2.31 bits per heavy atom. The fourth-order valence-electron chi connectivity index (χ4n) is 8.71. The Morgan fingerprint density at radius 2 is 1.71 bits per heavy atom. The number of hydrogen-bond donors (Lipinski definition) is 2. The van der Waals surface area contributed by atoms with Gasteiger partial charge in [0, 0.05) is 53.1 Å². The monoisotopic (exact) mass is 732 g/mol. The van der Waals surface area contributed by atoms with Gasteiger partial charge in [0.25, 0.3) is 0 Å². The summed E-state index contributed by atoms with van der Waals surface area (Å²) in [6.45, 7) is 21.9. The van der Waals surface area contributed by atoms with E-state index in [2.05, 4.69) is 43.7 Å². The van der Waals surface area contributed by atoms with Crippen molar-refractivity contribution in [1.82, 2.24) is 19.8 Å². The minimum absolute atomic E-state index is 0.122. The molecule has 2 aromatic heterocycles. The summed E-state index contributed by atoms with van der Waals surface area (Å²) in [4.78, 5) is 17.3. The molecule has 6 rings (SSSR count). The third-order valence-electron chi connectivity index (χ3n) is 11.6. The molecule has 4 aliphatic rings. The van der Waals surface area contributed by atoms with Crippen molar-refractivity contribution in [2.75, 3.05) is 25.9 Å². The lowest BCUT2D eigenvalue weighted by Gasteiger charge is -2.43. The molecule has 8 heteroatoms. The highest BCUT2D eigenvalue weighted by Crippen LogP contribution is 2.46. The van der Waals surface area contributed by atoms with E-state index < -0.39 is 0 Å². The summed E-state index contributed by atoms with van der Waals surface area (Å²) in [7, 11) is 2.27. The van der Waals surface area contributed by atoms with Crippen molar-refractivity contribution in [2.45, 2.75) is 189 Å². The number of nitrogen functional groups attached to an aromatic ring is 1. The van der Waals surface area contributed by atoms with Gasteiger partial charge in [0.05, 0.1) is 11.3 Å². The van der Waals surface area contributed by atoms with Crippen molar-refractivity contribution in [2.24, 2.45) is 0 Å². The maximum Gasteiger partial charge on any atom is 0.178 e. The van der Waals surface area contributed by atoms with Crippen LogP contribution in [0.4, 0.5) is 5.00 Å². The van der Waals surface area contributed by atoms with Gasteiger partial charge < -0.3 is 10.6 Å². The molecule has 3 N–H and O–H groups in total. The highest BCUT2D eigenvalue weighted by atomic mass is 32.1. The molecule has 0 radical (unpaired) electrons. The zero-order valence-electron chi connectivity index (χ0n) is 34.8. The molecule has 52 heavy (non-hydrogen) atoms. The third-order valence-corrected chi connectivity index (χ3v) is 12.7. The summed E-state index contributed by atoms with van der Waals surface area (Å²) < 4.78 is 0. The molecule has 0 aromatic carbocycles. The molecule has 290 valence electrons. The predicted molar refractivity (Wildman–Crippen MR) is 224 cm³/mol. The summed E-state index contributed by atoms with van der Waals surface area (Å²) in [6, 6.07) is 3.74. The van der Waals surface area contributed by atoms with Crippen molar-refractivity contribution in [3.63, 3.8) is 0 Å². The van der Waals surface area contributed by atoms with E-state index in [1.807, 2.05) is 41.5 Å². The van der Waals surface area contributed by atoms with Gasteiger partial charge in [-0.15, -0.1) is 11.3 Å². The van der Waals surface area contributed by atoms with Gasteiger partial charge in [0.2, 0.25) is 0 Å². The second-order valence-corrected chi connectivity index (χ2v) is 15.7. The number of allylic oxidation sites excluding steroid dienone is 2. The average Bonchev–Trinajstić information content (AvgIpc) is 3.73. The topological polar surface area (TPSA) is 106 Å². The second kappa shape index (κ2) is 21.9. The zero-order valence-corrected chi connectivity index (χ0v) is 35.6. The minimum Gasteiger partial charge on any atom is -0.389 e. The number of rotatable bonds is 12. The fourth-order valence-corrected chi connectivity index (χ4v) is 9.83. The van der Waals surface area contributed by atoms with Gasteiger partial charge in [-0.3, -0.25) is 10.3 Å². The first-order valence-corrected chi connectivity index (χ1v) is 22.1. The number of nitrogens with one attached hydrogen (secondary N) is 1. The van der Waals surface area contributed by atoms with Crippen LogP contribution in [0.15, 0.2) is 11.1 Å². The van der Waals surface area contributed by atoms with Crippen LogP contribution in [0.3, 0.4) is 0 Å². The summed E-state index contributed by atoms with van der Waals surface area (Å²) in [5, 5.41) is 20.4. The van der Waals surface area contributed by atoms with Gasteiger partial charge >= 0.3 is 0 Å². The highest BCUT2D eigenvalue weighted by Gasteiger charge is 2.36. The molecule has 1 unspecified atom stereocenters. The van der Waals surface area contributed by atoms with E-state index >= 15 is 0 Å². The first-order valence-electron chi connectivity index (χ1n) is 21.3. The molecule has 2 aromatic rings. The van der Waals surface area contributed by atoms with Crippen molar-refractivity contribution < 1.29 is 0 Å². The Balaban J connectivity index is 0.00000116. The molecular weight excluding hydrogens is 659 g/mol. The van der Waals surface area contributed by atoms with E-state index in [0.29, 0.717) is 40.1 Å². The fraction of sp³-hybridized carbons (Fsp3) is 0.727. The number of thiophene rings is 1. The molecule has 2 aliphatic carbocycles. The first-order chi connectivity index (χ1) is 25.3. The second-order valence-electron chi connectivity index (χ2n) is 14.5. The van der Waals surface area contributed by atoms with Crippen molar-refractivity contribution in [3.05, 3.63) is 49.9 Å². The summed E-state index contributed by atoms with van der Waals surface area (Å²) in [5.74, 6) is 1.15. The maximum atomic E-state index is 10.0. The molecule has 0 amide bonds. The Morgan fingerprint density at radius 1 is 0.981 bits per heavy atom. The number of hydrogen-bond acceptors (Lipinski definition) is 8. The lowest BCUT2D eigenvalue weighted by atomic mass is 9.78. The van der Waals surface area contributed by atoms with Crippen LogP contribution >= 0.6 is 11.3 Å². The highest BCUT2D eigenvalue weighted by molar-refractivity contribution is 7.16. The van der Waals surface area contributed by atoms with Crippen LogP contribution in [0.5, 0.6) is 0 Å². The summed E-state index contributed by atoms with van der Waals surface area (Å²) in [6.07, 6.45) is 17.0. The quantitative estimate of drug-likeness (QED) is 0.211. The standard InChI is InChI=1S/C38H55N7S.3C2H6/c1-5-7-12-25-22-45(27-13-8-14-27)23-31-32(19-18-26-15-10-20-44(26)4)42-38(43-36(25)31)35(40)29(11-6-2)24(3)28-16-9-17-33-34(28)30(21-39)37(41)46-33;3*1-2/h25-28,40H,5-20,22-23,41H2,1-4H3;3*1-2H3/b29-24+,40-35?;;;/t25-,26?,28+;;;/m0.../s1. The SMILES string of the molecule is CC.CC.CC.CCCC[C@H]1CN(C2CCC2)Cc2c(CCC3CCCN3C)nc(C(=N)/C(CCC)=C(\C)[C@H]3CCCc4sc(N)c(C#N)c43)nc21. The molecule has 7 nitrogen and oxygen atoms in total. The van der Waals surface area contributed by atoms with Crippen LogP contribution in [-0.2, 0) is 19.4 Å². The Labute approximate surface area is 322 Å². The molecule has 2 aliphatic heterocycles. The Bertz CT molecular complexity index is 1500. The van der Waals surface area contributed by atoms with Crippen LogP contribution in [0.1, 0.15) is 196 Å². The molecule has 3 atom stereocenters. The third kappa shape index (κ3) is 9.93. The van der Waals surface area contributed by atoms with Gasteiger partial charge in [-0.25, -0.2) is 9.97 Å². The van der Waals surface area contributed by atoms with Crippen LogP contribution in [-0.4, -0.2) is 57.7 Å². The normalized spacial score (nSPS) is 21.8. The number of anilines is 1. The molecule has 0 spiro atoms. The smallest absolute Gasteiger partial charge is 0.178 e. The van der Waals surface area contributed by atoms with E-state index in [0.717, 1.165) is 75.6 Å². The van der Waals surface area contributed by atoms with Crippen molar-refractivity contribution in [3.8, 4) is 6.07 Å². The number of unbranched alkanes of at least 4 members (excludes halogenated alkanes) is 1. The number of aryl methyl sites for hydroxylation is 2. The van der Waals surface area contributed by atoms with Crippen LogP contribution in [0, 0.1) is 16.7 Å². The van der Waals surface area contributed by atoms with Crippen molar-refractivity contribution in [1.29, 1.82) is 10.7 Å². The molecule has 1 saturated heterocycles. The Kier molecular flexibility index (Phi) is 18.5. The van der Waals surface area contributed by atoms with E-state index in [4.69, 9.17) is 15.7 Å². The van der Waals surface area contributed by atoms with Gasteiger partial charge in [-0.05, 0) is 102 Å². The number of nitrogens with zero attached hydrogens (tertiary/aromatic N) is 5. The maximum absolute atomic E-state index is 10.0. The largest absolute Gasteiger partial charge is 0.389 e. The van der Waals surface area contributed by atoms with Crippen LogP contribution in [0.25, 0.3) is 0 Å². The molecule has 4 heterocycles. The number of aromatic nitrogens is 2. The van der Waals surface area contributed by atoms with Gasteiger partial charge in [0.15, 0.2) is 5.82 Å². The van der Waals surface area contributed by atoms with Gasteiger partial charge in [0.1, 0.15) is 16.8 Å². The molecule has 2 fully saturated rings. The van der Waals surface area contributed by atoms with E-state index in [1.54, 1.807) is 11.3 Å².